The number of amides is 1. The maximum Gasteiger partial charge on any atom is 0.248 e. The van der Waals surface area contributed by atoms with Gasteiger partial charge >= 0.3 is 0 Å². The van der Waals surface area contributed by atoms with E-state index in [4.69, 9.17) is 9.47 Å². The largest absolute Gasteiger partial charge is 0.497 e. The van der Waals surface area contributed by atoms with Gasteiger partial charge in [0, 0.05) is 64.9 Å². The topological polar surface area (TPSA) is 65.6 Å². The number of rotatable bonds is 11. The lowest BCUT2D eigenvalue weighted by molar-refractivity contribution is -0.136. The highest BCUT2D eigenvalue weighted by Gasteiger charge is 2.36. The van der Waals surface area contributed by atoms with Crippen LogP contribution < -0.4 is 4.74 Å². The fourth-order valence-electron chi connectivity index (χ4n) is 5.73. The highest BCUT2D eigenvalue weighted by atomic mass is 32.2. The Kier molecular flexibility index (Phi) is 9.44. The highest BCUT2D eigenvalue weighted by Crippen LogP contribution is 2.31. The quantitative estimate of drug-likeness (QED) is 0.418. The Bertz CT molecular complexity index is 909. The molecule has 3 fully saturated rings. The molecule has 2 saturated carbocycles. The second-order valence-electron chi connectivity index (χ2n) is 10.7. The first kappa shape index (κ1) is 27.5. The van der Waals surface area contributed by atoms with E-state index in [1.165, 1.54) is 45.4 Å². The first-order valence-electron chi connectivity index (χ1n) is 13.4. The van der Waals surface area contributed by atoms with Crippen molar-refractivity contribution in [1.82, 2.24) is 19.0 Å². The van der Waals surface area contributed by atoms with Crippen LogP contribution in [0.2, 0.25) is 0 Å². The van der Waals surface area contributed by atoms with E-state index in [0.717, 1.165) is 40.7 Å². The lowest BCUT2D eigenvalue weighted by atomic mass is 10.1. The number of hydrogen-bond donors (Lipinski definition) is 0. The Balaban J connectivity index is 1.16. The van der Waals surface area contributed by atoms with Crippen molar-refractivity contribution < 1.29 is 18.5 Å². The fraction of sp³-hybridized carbons (Fsp3) is 0.741. The number of ether oxygens (including phenoxy) is 2. The van der Waals surface area contributed by atoms with Crippen molar-refractivity contribution in [2.24, 2.45) is 0 Å². The molecule has 1 amide bonds. The number of piperazine rings is 1. The first-order valence-corrected chi connectivity index (χ1v) is 14.5. The van der Waals surface area contributed by atoms with Crippen LogP contribution >= 0.6 is 0 Å². The Morgan fingerprint density at radius 1 is 1.00 bits per heavy atom. The van der Waals surface area contributed by atoms with Crippen LogP contribution in [0.3, 0.4) is 0 Å². The SMILES string of the molecule is COc1cc(C)c(S(=O)N(C)CCOCC(=O)N(C)[C@@H]2CCC(N3CCN(C4CC4)CC3)C2)c(C)c1. The Morgan fingerprint density at radius 3 is 2.17 bits per heavy atom. The van der Waals surface area contributed by atoms with Crippen molar-refractivity contribution >= 4 is 16.9 Å². The van der Waals surface area contributed by atoms with Crippen molar-refractivity contribution in [2.45, 2.75) is 69.0 Å². The minimum atomic E-state index is -1.30. The summed E-state index contributed by atoms with van der Waals surface area (Å²) in [6.07, 6.45) is 6.08. The monoisotopic (exact) mass is 520 g/mol. The summed E-state index contributed by atoms with van der Waals surface area (Å²) in [5, 5.41) is 0. The van der Waals surface area contributed by atoms with Gasteiger partial charge in [0.15, 0.2) is 0 Å². The van der Waals surface area contributed by atoms with E-state index in [9.17, 15) is 9.00 Å². The predicted octanol–water partition coefficient (Wildman–Crippen LogP) is 2.44. The van der Waals surface area contributed by atoms with Crippen molar-refractivity contribution in [3.63, 3.8) is 0 Å². The van der Waals surface area contributed by atoms with Crippen LogP contribution in [0.15, 0.2) is 17.0 Å². The third-order valence-corrected chi connectivity index (χ3v) is 9.89. The Labute approximate surface area is 219 Å². The van der Waals surface area contributed by atoms with Crippen LogP contribution in [0.25, 0.3) is 0 Å². The maximum absolute atomic E-state index is 13.1. The third kappa shape index (κ3) is 6.67. The van der Waals surface area contributed by atoms with E-state index in [0.29, 0.717) is 25.2 Å². The zero-order valence-corrected chi connectivity index (χ0v) is 23.5. The number of aryl methyl sites for hydroxylation is 2. The molecule has 0 spiro atoms. The van der Waals surface area contributed by atoms with E-state index < -0.39 is 11.0 Å². The fourth-order valence-corrected chi connectivity index (χ4v) is 6.95. The molecular weight excluding hydrogens is 476 g/mol. The average molecular weight is 521 g/mol. The van der Waals surface area contributed by atoms with Gasteiger partial charge < -0.3 is 14.4 Å². The molecule has 1 aromatic rings. The number of carbonyl (C=O) groups is 1. The van der Waals surface area contributed by atoms with E-state index in [-0.39, 0.29) is 12.5 Å². The molecule has 1 aliphatic heterocycles. The molecule has 202 valence electrons. The highest BCUT2D eigenvalue weighted by molar-refractivity contribution is 7.82. The summed E-state index contributed by atoms with van der Waals surface area (Å²) in [6.45, 7) is 9.53. The summed E-state index contributed by atoms with van der Waals surface area (Å²) in [6, 6.07) is 5.56. The van der Waals surface area contributed by atoms with E-state index in [1.54, 1.807) is 11.4 Å². The maximum atomic E-state index is 13.1. The number of nitrogens with zero attached hydrogens (tertiary/aromatic N) is 4. The second-order valence-corrected chi connectivity index (χ2v) is 12.2. The smallest absolute Gasteiger partial charge is 0.248 e. The third-order valence-electron chi connectivity index (χ3n) is 8.15. The van der Waals surface area contributed by atoms with E-state index in [1.807, 2.05) is 45.0 Å². The summed E-state index contributed by atoms with van der Waals surface area (Å²) in [7, 11) is 4.07. The van der Waals surface area contributed by atoms with Gasteiger partial charge in [-0.05, 0) is 69.2 Å². The standard InChI is InChI=1S/C27H44N4O4S/c1-20-16-25(34-5)17-21(2)27(20)36(33)28(3)14-15-35-19-26(32)29(4)23-8-9-24(18-23)31-12-10-30(11-13-31)22-6-7-22/h16-17,22-24H,6-15,18-19H2,1-5H3/t23-,24?,36?/m1/s1. The summed E-state index contributed by atoms with van der Waals surface area (Å²) in [5.74, 6) is 0.800. The molecule has 1 heterocycles. The van der Waals surface area contributed by atoms with Crippen molar-refractivity contribution in [2.75, 3.05) is 67.1 Å². The number of benzene rings is 1. The molecule has 2 aliphatic carbocycles. The van der Waals surface area contributed by atoms with Gasteiger partial charge in [0.25, 0.3) is 0 Å². The lowest BCUT2D eigenvalue weighted by Gasteiger charge is -2.38. The van der Waals surface area contributed by atoms with Gasteiger partial charge in [-0.15, -0.1) is 0 Å². The van der Waals surface area contributed by atoms with Crippen molar-refractivity contribution in [3.8, 4) is 5.75 Å². The van der Waals surface area contributed by atoms with Gasteiger partial charge in [-0.2, -0.15) is 0 Å². The van der Waals surface area contributed by atoms with Crippen LogP contribution in [0.4, 0.5) is 0 Å². The minimum absolute atomic E-state index is 0.0322. The van der Waals surface area contributed by atoms with Gasteiger partial charge in [0.2, 0.25) is 5.91 Å². The molecule has 1 aromatic carbocycles. The molecule has 36 heavy (non-hydrogen) atoms. The molecule has 3 aliphatic rings. The van der Waals surface area contributed by atoms with Crippen LogP contribution in [0, 0.1) is 13.8 Å². The van der Waals surface area contributed by atoms with Crippen LogP contribution in [-0.2, 0) is 20.5 Å². The molecule has 2 unspecified atom stereocenters. The van der Waals surface area contributed by atoms with Gasteiger partial charge in [-0.1, -0.05) is 0 Å². The second kappa shape index (κ2) is 12.3. The molecule has 8 nitrogen and oxygen atoms in total. The van der Waals surface area contributed by atoms with Crippen LogP contribution in [-0.4, -0.2) is 114 Å². The molecular formula is C27H44N4O4S. The summed E-state index contributed by atoms with van der Waals surface area (Å²) in [4.78, 5) is 20.8. The Morgan fingerprint density at radius 2 is 1.58 bits per heavy atom. The zero-order chi connectivity index (χ0) is 25.8. The van der Waals surface area contributed by atoms with Gasteiger partial charge in [-0.25, -0.2) is 8.51 Å². The number of hydrogen-bond acceptors (Lipinski definition) is 6. The molecule has 0 N–H and O–H groups in total. The average Bonchev–Trinajstić information content (AvgIpc) is 3.61. The molecule has 0 radical (unpaired) electrons. The molecule has 1 saturated heterocycles. The number of methoxy groups -OCH3 is 1. The Hall–Kier alpha value is -1.52. The molecule has 0 bridgehead atoms. The normalized spacial score (nSPS) is 24.3. The summed E-state index contributed by atoms with van der Waals surface area (Å²) >= 11 is 0. The number of carbonyl (C=O) groups excluding carboxylic acids is 1. The van der Waals surface area contributed by atoms with Crippen LogP contribution in [0.5, 0.6) is 5.75 Å². The predicted molar refractivity (Wildman–Crippen MR) is 143 cm³/mol. The van der Waals surface area contributed by atoms with Gasteiger partial charge in [-0.3, -0.25) is 14.6 Å². The molecule has 3 atom stereocenters. The summed E-state index contributed by atoms with van der Waals surface area (Å²) in [5.41, 5.74) is 1.88. The van der Waals surface area contributed by atoms with Crippen molar-refractivity contribution in [1.29, 1.82) is 0 Å². The molecule has 4 rings (SSSR count). The number of likely N-dealkylation sites (N-methyl/N-ethyl adjacent to an activating group) is 2. The molecule has 9 heteroatoms. The van der Waals surface area contributed by atoms with E-state index in [2.05, 4.69) is 9.80 Å². The minimum Gasteiger partial charge on any atom is -0.497 e. The lowest BCUT2D eigenvalue weighted by Crippen LogP contribution is -2.50. The van der Waals surface area contributed by atoms with Crippen LogP contribution in [0.1, 0.15) is 43.2 Å². The summed E-state index contributed by atoms with van der Waals surface area (Å²) < 4.78 is 25.9. The van der Waals surface area contributed by atoms with E-state index >= 15 is 0 Å². The zero-order valence-electron chi connectivity index (χ0n) is 22.7. The van der Waals surface area contributed by atoms with Gasteiger partial charge in [0.1, 0.15) is 23.3 Å². The molecule has 0 aromatic heterocycles. The van der Waals surface area contributed by atoms with Gasteiger partial charge in [0.05, 0.1) is 18.6 Å². The first-order chi connectivity index (χ1) is 17.3. The van der Waals surface area contributed by atoms with Crippen molar-refractivity contribution in [3.05, 3.63) is 23.3 Å².